The van der Waals surface area contributed by atoms with E-state index >= 15 is 0 Å². The molecule has 4 N–H and O–H groups in total. The summed E-state index contributed by atoms with van der Waals surface area (Å²) in [6, 6.07) is 0. The molecule has 0 fully saturated rings. The molecule has 0 saturated carbocycles. The summed E-state index contributed by atoms with van der Waals surface area (Å²) in [7, 11) is 0. The Balaban J connectivity index is 1.96. The van der Waals surface area contributed by atoms with E-state index in [9.17, 15) is 25.2 Å². The van der Waals surface area contributed by atoms with Gasteiger partial charge in [0.05, 0.1) is 18.3 Å². The van der Waals surface area contributed by atoms with Gasteiger partial charge in [-0.15, -0.1) is 0 Å². The molecule has 6 nitrogen and oxygen atoms in total. The Bertz CT molecular complexity index is 561. The summed E-state index contributed by atoms with van der Waals surface area (Å²) in [5.74, 6) is -0.543. The van der Waals surface area contributed by atoms with E-state index in [4.69, 9.17) is 4.74 Å². The summed E-state index contributed by atoms with van der Waals surface area (Å²) >= 11 is 0. The number of carbonyl (C=O) groups is 1. The minimum atomic E-state index is -0.948. The third-order valence-electron chi connectivity index (χ3n) is 6.47. The molecule has 1 rings (SSSR count). The number of esters is 1. The van der Waals surface area contributed by atoms with Gasteiger partial charge in [0.25, 0.3) is 0 Å². The first-order valence-corrected chi connectivity index (χ1v) is 13.7. The number of carbonyl (C=O) groups excluding carboxylic acids is 1. The van der Waals surface area contributed by atoms with E-state index in [-0.39, 0.29) is 19.3 Å². The maximum atomic E-state index is 11.3. The van der Waals surface area contributed by atoms with Gasteiger partial charge in [-0.1, -0.05) is 76.9 Å². The number of cyclic esters (lactones) is 1. The summed E-state index contributed by atoms with van der Waals surface area (Å²) in [5, 5.41) is 40.2. The summed E-state index contributed by atoms with van der Waals surface area (Å²) in [4.78, 5) is 11.3. The standard InChI is InChI=1S/C28H50O6/c1-2-3-4-5-6-7-8-9-10-11-12-13-14-15-16-17-23(29)20-24(30)21-25(31)22-27-26(32)18-19-28(33)34-27/h9-10,18-19,23-27,29-32H,2-8,11-17,20-22H2,1H3/b10-9-/t23-,24+,25+,26+,27-/m1/s1. The number of rotatable bonds is 21. The van der Waals surface area contributed by atoms with Gasteiger partial charge >= 0.3 is 5.97 Å². The van der Waals surface area contributed by atoms with Crippen LogP contribution in [0.4, 0.5) is 0 Å². The molecule has 0 amide bonds. The topological polar surface area (TPSA) is 107 Å². The Kier molecular flexibility index (Phi) is 18.2. The van der Waals surface area contributed by atoms with Crippen LogP contribution in [0.2, 0.25) is 0 Å². The Labute approximate surface area is 207 Å². The maximum Gasteiger partial charge on any atom is 0.330 e. The van der Waals surface area contributed by atoms with Crippen LogP contribution in [0.1, 0.15) is 116 Å². The largest absolute Gasteiger partial charge is 0.456 e. The fourth-order valence-corrected chi connectivity index (χ4v) is 4.40. The number of hydrogen-bond donors (Lipinski definition) is 4. The molecule has 1 heterocycles. The predicted octanol–water partition coefficient (Wildman–Crippen LogP) is 5.12. The monoisotopic (exact) mass is 482 g/mol. The average Bonchev–Trinajstić information content (AvgIpc) is 2.78. The van der Waals surface area contributed by atoms with Gasteiger partial charge < -0.3 is 25.2 Å². The molecule has 0 spiro atoms. The van der Waals surface area contributed by atoms with E-state index in [1.807, 2.05) is 0 Å². The molecule has 0 aromatic rings. The van der Waals surface area contributed by atoms with Crippen LogP contribution in [0.5, 0.6) is 0 Å². The second kappa shape index (κ2) is 20.0. The van der Waals surface area contributed by atoms with Crippen LogP contribution in [-0.4, -0.2) is 56.9 Å². The van der Waals surface area contributed by atoms with Gasteiger partial charge in [-0.25, -0.2) is 4.79 Å². The lowest BCUT2D eigenvalue weighted by atomic mass is 9.97. The Morgan fingerprint density at radius 3 is 2.03 bits per heavy atom. The van der Waals surface area contributed by atoms with Crippen LogP contribution >= 0.6 is 0 Å². The molecular formula is C28H50O6. The Morgan fingerprint density at radius 1 is 0.824 bits per heavy atom. The van der Waals surface area contributed by atoms with Crippen molar-refractivity contribution in [2.45, 2.75) is 147 Å². The van der Waals surface area contributed by atoms with Crippen molar-refractivity contribution >= 4 is 5.97 Å². The van der Waals surface area contributed by atoms with E-state index in [2.05, 4.69) is 19.1 Å². The lowest BCUT2D eigenvalue weighted by Crippen LogP contribution is -2.37. The van der Waals surface area contributed by atoms with Crippen molar-refractivity contribution in [2.75, 3.05) is 0 Å². The quantitative estimate of drug-likeness (QED) is 0.103. The van der Waals surface area contributed by atoms with E-state index in [0.717, 1.165) is 31.8 Å². The molecule has 0 saturated heterocycles. The van der Waals surface area contributed by atoms with Crippen molar-refractivity contribution < 1.29 is 30.0 Å². The molecule has 5 atom stereocenters. The SMILES string of the molecule is CCCCCCCC/C=C\CCCCCCC[C@@H](O)C[C@H](O)C[C@H](O)C[C@H]1OC(=O)C=C[C@@H]1O. The number of aliphatic hydroxyl groups excluding tert-OH is 4. The van der Waals surface area contributed by atoms with Crippen LogP contribution < -0.4 is 0 Å². The summed E-state index contributed by atoms with van der Waals surface area (Å²) in [6.45, 7) is 2.25. The number of unbranched alkanes of at least 4 members (excludes halogenated alkanes) is 11. The smallest absolute Gasteiger partial charge is 0.330 e. The van der Waals surface area contributed by atoms with E-state index < -0.39 is 36.5 Å². The molecule has 0 aromatic carbocycles. The van der Waals surface area contributed by atoms with Crippen LogP contribution in [0.3, 0.4) is 0 Å². The fraction of sp³-hybridized carbons (Fsp3) is 0.821. The Morgan fingerprint density at radius 2 is 1.38 bits per heavy atom. The highest BCUT2D eigenvalue weighted by Crippen LogP contribution is 2.19. The van der Waals surface area contributed by atoms with Crippen molar-refractivity contribution in [1.29, 1.82) is 0 Å². The molecule has 0 aliphatic carbocycles. The third kappa shape index (κ3) is 16.4. The van der Waals surface area contributed by atoms with Crippen molar-refractivity contribution in [3.05, 3.63) is 24.3 Å². The van der Waals surface area contributed by atoms with Crippen LogP contribution in [0.15, 0.2) is 24.3 Å². The van der Waals surface area contributed by atoms with Gasteiger partial charge in [-0.2, -0.15) is 0 Å². The number of aliphatic hydroxyl groups is 4. The number of allylic oxidation sites excluding steroid dienone is 2. The highest BCUT2D eigenvalue weighted by Gasteiger charge is 2.28. The summed E-state index contributed by atoms with van der Waals surface area (Å²) < 4.78 is 5.00. The van der Waals surface area contributed by atoms with Crippen LogP contribution in [0, 0.1) is 0 Å². The van der Waals surface area contributed by atoms with Gasteiger partial charge in [0, 0.05) is 12.5 Å². The predicted molar refractivity (Wildman–Crippen MR) is 136 cm³/mol. The van der Waals surface area contributed by atoms with Gasteiger partial charge in [-0.05, 0) is 51.0 Å². The van der Waals surface area contributed by atoms with Crippen LogP contribution in [-0.2, 0) is 9.53 Å². The van der Waals surface area contributed by atoms with Crippen molar-refractivity contribution in [3.63, 3.8) is 0 Å². The highest BCUT2D eigenvalue weighted by atomic mass is 16.6. The summed E-state index contributed by atoms with van der Waals surface area (Å²) in [6.07, 6.45) is 20.1. The first-order valence-electron chi connectivity index (χ1n) is 13.7. The van der Waals surface area contributed by atoms with Gasteiger partial charge in [-0.3, -0.25) is 0 Å². The zero-order chi connectivity index (χ0) is 25.0. The van der Waals surface area contributed by atoms with E-state index in [1.165, 1.54) is 63.9 Å². The minimum absolute atomic E-state index is 0.0542. The first kappa shape index (κ1) is 30.8. The zero-order valence-corrected chi connectivity index (χ0v) is 21.3. The van der Waals surface area contributed by atoms with Gasteiger partial charge in [0.1, 0.15) is 12.2 Å². The van der Waals surface area contributed by atoms with Gasteiger partial charge in [0.15, 0.2) is 0 Å². The van der Waals surface area contributed by atoms with E-state index in [0.29, 0.717) is 6.42 Å². The molecule has 0 unspecified atom stereocenters. The molecule has 6 heteroatoms. The number of hydrogen-bond acceptors (Lipinski definition) is 6. The normalized spacial score (nSPS) is 21.0. The van der Waals surface area contributed by atoms with Crippen molar-refractivity contribution in [1.82, 2.24) is 0 Å². The molecule has 0 aromatic heterocycles. The fourth-order valence-electron chi connectivity index (χ4n) is 4.40. The highest BCUT2D eigenvalue weighted by molar-refractivity contribution is 5.83. The second-order valence-corrected chi connectivity index (χ2v) is 9.87. The average molecular weight is 483 g/mol. The molecule has 1 aliphatic rings. The maximum absolute atomic E-state index is 11.3. The first-order chi connectivity index (χ1) is 16.4. The van der Waals surface area contributed by atoms with E-state index in [1.54, 1.807) is 0 Å². The van der Waals surface area contributed by atoms with Crippen LogP contribution in [0.25, 0.3) is 0 Å². The minimum Gasteiger partial charge on any atom is -0.456 e. The van der Waals surface area contributed by atoms with Gasteiger partial charge in [0.2, 0.25) is 0 Å². The van der Waals surface area contributed by atoms with Crippen molar-refractivity contribution in [3.8, 4) is 0 Å². The molecule has 198 valence electrons. The molecule has 0 bridgehead atoms. The lowest BCUT2D eigenvalue weighted by molar-refractivity contribution is -0.151. The molecular weight excluding hydrogens is 432 g/mol. The second-order valence-electron chi connectivity index (χ2n) is 9.87. The summed E-state index contributed by atoms with van der Waals surface area (Å²) in [5.41, 5.74) is 0. The zero-order valence-electron chi connectivity index (χ0n) is 21.3. The third-order valence-corrected chi connectivity index (χ3v) is 6.47. The lowest BCUT2D eigenvalue weighted by Gasteiger charge is -2.26. The Hall–Kier alpha value is -1.21. The molecule has 34 heavy (non-hydrogen) atoms. The molecule has 0 radical (unpaired) electrons. The van der Waals surface area contributed by atoms with Crippen molar-refractivity contribution in [2.24, 2.45) is 0 Å². The number of ether oxygens (including phenoxy) is 1. The molecule has 1 aliphatic heterocycles.